The predicted octanol–water partition coefficient (Wildman–Crippen LogP) is 0.469. The molecule has 0 spiro atoms. The number of aliphatic hydroxyl groups is 5. The molecule has 1 unspecified atom stereocenters. The van der Waals surface area contributed by atoms with E-state index in [9.17, 15) is 25.2 Å². The number of β-amino-alcohol motifs (C(OH)–C–C–N with tert-alkyl or cyclic N) is 1. The number of carbonyl (C=O) groups excluding carboxylic acids is 1. The van der Waals surface area contributed by atoms with E-state index in [2.05, 4.69) is 10.6 Å². The predicted molar refractivity (Wildman–Crippen MR) is 108 cm³/mol. The first kappa shape index (κ1) is 25.1. The SMILES string of the molecule is CC(C)(C)NCC(O)c1cc(Cl)c(N[C@@H](C=O)[C@H](O)[C@@H](O)[C@H](O)CO)c(Cl)c1. The topological polar surface area (TPSA) is 142 Å². The van der Waals surface area contributed by atoms with Crippen LogP contribution in [0.1, 0.15) is 32.4 Å². The van der Waals surface area contributed by atoms with Crippen LogP contribution in [0.3, 0.4) is 0 Å². The maximum absolute atomic E-state index is 11.3. The van der Waals surface area contributed by atoms with Gasteiger partial charge in [-0.3, -0.25) is 0 Å². The van der Waals surface area contributed by atoms with Crippen LogP contribution < -0.4 is 10.6 Å². The molecule has 0 heterocycles. The van der Waals surface area contributed by atoms with Crippen LogP contribution in [0, 0.1) is 0 Å². The Morgan fingerprint density at radius 2 is 1.61 bits per heavy atom. The van der Waals surface area contributed by atoms with Crippen LogP contribution in [0.25, 0.3) is 0 Å². The Balaban J connectivity index is 2.98. The lowest BCUT2D eigenvalue weighted by Gasteiger charge is -2.28. The Morgan fingerprint density at radius 1 is 1.07 bits per heavy atom. The number of hydrogen-bond acceptors (Lipinski definition) is 8. The zero-order valence-corrected chi connectivity index (χ0v) is 17.4. The summed E-state index contributed by atoms with van der Waals surface area (Å²) >= 11 is 12.4. The summed E-state index contributed by atoms with van der Waals surface area (Å²) in [7, 11) is 0. The van der Waals surface area contributed by atoms with E-state index < -0.39 is 37.1 Å². The van der Waals surface area contributed by atoms with Crippen molar-refractivity contribution in [1.82, 2.24) is 5.32 Å². The minimum atomic E-state index is -1.77. The van der Waals surface area contributed by atoms with Gasteiger partial charge in [-0.1, -0.05) is 23.2 Å². The number of anilines is 1. The van der Waals surface area contributed by atoms with Gasteiger partial charge in [-0.05, 0) is 38.5 Å². The molecule has 1 aromatic rings. The third-order valence-electron chi connectivity index (χ3n) is 4.03. The highest BCUT2D eigenvalue weighted by atomic mass is 35.5. The fraction of sp³-hybridized carbons (Fsp3) is 0.611. The third-order valence-corrected chi connectivity index (χ3v) is 4.63. The fourth-order valence-corrected chi connectivity index (χ4v) is 2.97. The second-order valence-electron chi connectivity index (χ2n) is 7.54. The molecular formula is C18H28Cl2N2O6. The molecule has 0 amide bonds. The van der Waals surface area contributed by atoms with Crippen molar-refractivity contribution in [3.8, 4) is 0 Å². The number of halogens is 2. The summed E-state index contributed by atoms with van der Waals surface area (Å²) < 4.78 is 0. The molecule has 0 bridgehead atoms. The summed E-state index contributed by atoms with van der Waals surface area (Å²) in [6.45, 7) is 5.35. The van der Waals surface area contributed by atoms with Crippen molar-refractivity contribution >= 4 is 35.2 Å². The summed E-state index contributed by atoms with van der Waals surface area (Å²) in [6.07, 6.45) is -5.68. The molecule has 0 aliphatic rings. The quantitative estimate of drug-likeness (QED) is 0.261. The lowest BCUT2D eigenvalue weighted by Crippen LogP contribution is -2.49. The van der Waals surface area contributed by atoms with E-state index in [1.54, 1.807) is 0 Å². The normalized spacial score (nSPS) is 17.5. The van der Waals surface area contributed by atoms with Crippen molar-refractivity contribution in [3.05, 3.63) is 27.7 Å². The molecule has 10 heteroatoms. The molecule has 7 N–H and O–H groups in total. The maximum Gasteiger partial charge on any atom is 0.144 e. The molecule has 0 aliphatic carbocycles. The molecule has 5 atom stereocenters. The highest BCUT2D eigenvalue weighted by molar-refractivity contribution is 6.39. The molecule has 8 nitrogen and oxygen atoms in total. The van der Waals surface area contributed by atoms with Gasteiger partial charge in [0.25, 0.3) is 0 Å². The minimum absolute atomic E-state index is 0.0913. The number of hydrogen-bond donors (Lipinski definition) is 7. The molecule has 1 aromatic carbocycles. The maximum atomic E-state index is 11.3. The first-order chi connectivity index (χ1) is 12.9. The molecule has 0 radical (unpaired) electrons. The Labute approximate surface area is 174 Å². The van der Waals surface area contributed by atoms with E-state index in [0.29, 0.717) is 11.8 Å². The number of benzene rings is 1. The molecule has 0 fully saturated rings. The standard InChI is InChI=1S/C18H28Cl2N2O6/c1-18(2,3)21-6-13(25)9-4-10(19)15(11(20)5-9)22-12(7-23)16(27)17(28)14(26)8-24/h4-5,7,12-14,16-17,21-22,24-28H,6,8H2,1-3H3/t12-,13?,14+,16-,17-/m0/s1. The van der Waals surface area contributed by atoms with Gasteiger partial charge in [0.1, 0.15) is 30.6 Å². The van der Waals surface area contributed by atoms with E-state index in [1.165, 1.54) is 12.1 Å². The number of aldehydes is 1. The van der Waals surface area contributed by atoms with E-state index in [1.807, 2.05) is 20.8 Å². The van der Waals surface area contributed by atoms with Gasteiger partial charge in [0.05, 0.1) is 28.4 Å². The highest BCUT2D eigenvalue weighted by Gasteiger charge is 2.32. The monoisotopic (exact) mass is 438 g/mol. The van der Waals surface area contributed by atoms with Crippen molar-refractivity contribution < 1.29 is 30.3 Å². The van der Waals surface area contributed by atoms with E-state index in [-0.39, 0.29) is 27.8 Å². The van der Waals surface area contributed by atoms with Crippen LogP contribution in [0.2, 0.25) is 10.0 Å². The average molecular weight is 439 g/mol. The van der Waals surface area contributed by atoms with Crippen LogP contribution >= 0.6 is 23.2 Å². The van der Waals surface area contributed by atoms with Crippen LogP contribution in [0.5, 0.6) is 0 Å². The second kappa shape index (κ2) is 10.7. The number of aliphatic hydroxyl groups excluding tert-OH is 5. The molecule has 28 heavy (non-hydrogen) atoms. The van der Waals surface area contributed by atoms with Crippen LogP contribution in [0.15, 0.2) is 12.1 Å². The van der Waals surface area contributed by atoms with Gasteiger partial charge in [0.15, 0.2) is 0 Å². The number of rotatable bonds is 10. The summed E-state index contributed by atoms with van der Waals surface area (Å²) in [4.78, 5) is 11.3. The summed E-state index contributed by atoms with van der Waals surface area (Å²) in [6, 6.07) is 1.58. The molecule has 0 aliphatic heterocycles. The average Bonchev–Trinajstić information content (AvgIpc) is 2.63. The van der Waals surface area contributed by atoms with Gasteiger partial charge < -0.3 is 41.0 Å². The van der Waals surface area contributed by atoms with E-state index >= 15 is 0 Å². The summed E-state index contributed by atoms with van der Waals surface area (Å²) in [5.41, 5.74) is 0.379. The van der Waals surface area contributed by atoms with E-state index in [4.69, 9.17) is 28.3 Å². The highest BCUT2D eigenvalue weighted by Crippen LogP contribution is 2.34. The van der Waals surface area contributed by atoms with Crippen molar-refractivity contribution in [2.75, 3.05) is 18.5 Å². The van der Waals surface area contributed by atoms with Crippen molar-refractivity contribution in [2.45, 2.75) is 56.8 Å². The lowest BCUT2D eigenvalue weighted by atomic mass is 10.0. The van der Waals surface area contributed by atoms with Gasteiger partial charge in [-0.25, -0.2) is 0 Å². The Hall–Kier alpha value is -0.970. The smallest absolute Gasteiger partial charge is 0.144 e. The van der Waals surface area contributed by atoms with Gasteiger partial charge in [-0.2, -0.15) is 0 Å². The molecule has 160 valence electrons. The molecular weight excluding hydrogens is 411 g/mol. The van der Waals surface area contributed by atoms with E-state index in [0.717, 1.165) is 0 Å². The second-order valence-corrected chi connectivity index (χ2v) is 8.36. The van der Waals surface area contributed by atoms with Crippen LogP contribution in [-0.4, -0.2) is 74.9 Å². The largest absolute Gasteiger partial charge is 0.394 e. The Bertz CT molecular complexity index is 632. The van der Waals surface area contributed by atoms with Gasteiger partial charge in [0.2, 0.25) is 0 Å². The molecule has 0 saturated carbocycles. The van der Waals surface area contributed by atoms with Crippen molar-refractivity contribution in [3.63, 3.8) is 0 Å². The minimum Gasteiger partial charge on any atom is -0.394 e. The molecule has 1 rings (SSSR count). The van der Waals surface area contributed by atoms with Gasteiger partial charge in [-0.15, -0.1) is 0 Å². The Kier molecular flexibility index (Phi) is 9.58. The number of nitrogens with one attached hydrogen (secondary N) is 2. The van der Waals surface area contributed by atoms with Gasteiger partial charge in [0, 0.05) is 12.1 Å². The lowest BCUT2D eigenvalue weighted by molar-refractivity contribution is -0.117. The Morgan fingerprint density at radius 3 is 2.04 bits per heavy atom. The summed E-state index contributed by atoms with van der Waals surface area (Å²) in [5.74, 6) is 0. The van der Waals surface area contributed by atoms with Gasteiger partial charge >= 0.3 is 0 Å². The first-order valence-corrected chi connectivity index (χ1v) is 9.45. The molecule has 0 saturated heterocycles. The molecule has 0 aromatic heterocycles. The van der Waals surface area contributed by atoms with Crippen molar-refractivity contribution in [1.29, 1.82) is 0 Å². The third kappa shape index (κ3) is 7.13. The first-order valence-electron chi connectivity index (χ1n) is 8.70. The zero-order chi connectivity index (χ0) is 21.6. The zero-order valence-electron chi connectivity index (χ0n) is 15.9. The van der Waals surface area contributed by atoms with Crippen LogP contribution in [0.4, 0.5) is 5.69 Å². The van der Waals surface area contributed by atoms with Crippen LogP contribution in [-0.2, 0) is 4.79 Å². The number of carbonyl (C=O) groups is 1. The van der Waals surface area contributed by atoms with Crippen molar-refractivity contribution in [2.24, 2.45) is 0 Å². The summed E-state index contributed by atoms with van der Waals surface area (Å²) in [5, 5.41) is 54.4. The fourth-order valence-electron chi connectivity index (χ4n) is 2.36.